The molecular formula is C18H23N3O2S. The second kappa shape index (κ2) is 7.01. The number of rotatable bonds is 4. The van der Waals surface area contributed by atoms with Crippen molar-refractivity contribution in [2.45, 2.75) is 45.4 Å². The molecule has 128 valence electrons. The Kier molecular flexibility index (Phi) is 4.99. The molecule has 2 unspecified atom stereocenters. The van der Waals surface area contributed by atoms with Gasteiger partial charge in [-0.05, 0) is 43.9 Å². The van der Waals surface area contributed by atoms with Gasteiger partial charge in [-0.25, -0.2) is 4.98 Å². The van der Waals surface area contributed by atoms with E-state index in [0.29, 0.717) is 13.0 Å². The summed E-state index contributed by atoms with van der Waals surface area (Å²) in [7, 11) is 0. The number of nitrogens with one attached hydrogen (secondary N) is 2. The Labute approximate surface area is 146 Å². The molecule has 1 aliphatic heterocycles. The number of aromatic nitrogens is 1. The number of thiazole rings is 1. The van der Waals surface area contributed by atoms with E-state index in [1.807, 2.05) is 19.4 Å². The fraction of sp³-hybridized carbons (Fsp3) is 0.444. The summed E-state index contributed by atoms with van der Waals surface area (Å²) in [6.45, 7) is 6.55. The molecule has 1 amide bonds. The summed E-state index contributed by atoms with van der Waals surface area (Å²) in [5.74, 6) is -0.0548. The van der Waals surface area contributed by atoms with Crippen molar-refractivity contribution in [1.82, 2.24) is 15.6 Å². The SMILES string of the molecule is Cc1cc(-c2scnc2C)ccc1[C@H](C)NC(=O)C1CC(O)CN1. The van der Waals surface area contributed by atoms with E-state index in [2.05, 4.69) is 40.7 Å². The summed E-state index contributed by atoms with van der Waals surface area (Å²) in [5, 5.41) is 15.6. The second-order valence-electron chi connectivity index (χ2n) is 6.42. The highest BCUT2D eigenvalue weighted by atomic mass is 32.1. The van der Waals surface area contributed by atoms with Gasteiger partial charge in [-0.15, -0.1) is 11.3 Å². The van der Waals surface area contributed by atoms with Crippen LogP contribution < -0.4 is 10.6 Å². The van der Waals surface area contributed by atoms with E-state index >= 15 is 0 Å². The fourth-order valence-electron chi connectivity index (χ4n) is 3.19. The highest BCUT2D eigenvalue weighted by Gasteiger charge is 2.29. The molecule has 1 aromatic carbocycles. The quantitative estimate of drug-likeness (QED) is 0.795. The maximum atomic E-state index is 12.3. The Balaban J connectivity index is 1.72. The third-order valence-electron chi connectivity index (χ3n) is 4.53. The van der Waals surface area contributed by atoms with Gasteiger partial charge in [0.05, 0.1) is 34.3 Å². The second-order valence-corrected chi connectivity index (χ2v) is 7.27. The lowest BCUT2D eigenvalue weighted by Gasteiger charge is -2.20. The molecule has 24 heavy (non-hydrogen) atoms. The maximum absolute atomic E-state index is 12.3. The molecule has 3 rings (SSSR count). The van der Waals surface area contributed by atoms with Crippen LogP contribution >= 0.6 is 11.3 Å². The highest BCUT2D eigenvalue weighted by molar-refractivity contribution is 7.13. The summed E-state index contributed by atoms with van der Waals surface area (Å²) in [4.78, 5) is 17.8. The summed E-state index contributed by atoms with van der Waals surface area (Å²) >= 11 is 1.64. The average molecular weight is 345 g/mol. The van der Waals surface area contributed by atoms with Crippen molar-refractivity contribution in [3.8, 4) is 10.4 Å². The van der Waals surface area contributed by atoms with Gasteiger partial charge >= 0.3 is 0 Å². The van der Waals surface area contributed by atoms with E-state index in [0.717, 1.165) is 22.4 Å². The number of aliphatic hydroxyl groups excluding tert-OH is 1. The fourth-order valence-corrected chi connectivity index (χ4v) is 3.99. The number of carbonyl (C=O) groups excluding carboxylic acids is 1. The number of nitrogens with zero attached hydrogens (tertiary/aromatic N) is 1. The van der Waals surface area contributed by atoms with E-state index in [-0.39, 0.29) is 18.0 Å². The molecule has 0 saturated carbocycles. The molecule has 3 atom stereocenters. The molecule has 1 saturated heterocycles. The predicted molar refractivity (Wildman–Crippen MR) is 96.0 cm³/mol. The molecule has 0 bridgehead atoms. The molecule has 2 aromatic rings. The molecule has 1 aliphatic rings. The third kappa shape index (κ3) is 3.50. The molecule has 0 radical (unpaired) electrons. The number of amides is 1. The normalized spacial score (nSPS) is 21.7. The molecule has 0 aliphatic carbocycles. The van der Waals surface area contributed by atoms with E-state index < -0.39 is 6.10 Å². The number of carbonyl (C=O) groups is 1. The van der Waals surface area contributed by atoms with Gasteiger partial charge in [0.15, 0.2) is 0 Å². The first-order valence-electron chi connectivity index (χ1n) is 8.18. The standard InChI is InChI=1S/C18H23N3O2S/c1-10-6-13(17-12(3)20-9-24-17)4-5-15(10)11(2)21-18(23)16-7-14(22)8-19-16/h4-6,9,11,14,16,19,22H,7-8H2,1-3H3,(H,21,23)/t11-,14?,16?/m0/s1. The van der Waals surface area contributed by atoms with Gasteiger partial charge in [-0.3, -0.25) is 4.79 Å². The zero-order chi connectivity index (χ0) is 17.3. The van der Waals surface area contributed by atoms with Crippen molar-refractivity contribution in [2.75, 3.05) is 6.54 Å². The van der Waals surface area contributed by atoms with Crippen molar-refractivity contribution in [1.29, 1.82) is 0 Å². The average Bonchev–Trinajstić information content (AvgIpc) is 3.15. The predicted octanol–water partition coefficient (Wildman–Crippen LogP) is 2.33. The van der Waals surface area contributed by atoms with Gasteiger partial charge in [0, 0.05) is 6.54 Å². The smallest absolute Gasteiger partial charge is 0.237 e. The first kappa shape index (κ1) is 17.1. The first-order chi connectivity index (χ1) is 11.5. The zero-order valence-electron chi connectivity index (χ0n) is 14.2. The Bertz CT molecular complexity index is 744. The lowest BCUT2D eigenvalue weighted by molar-refractivity contribution is -0.123. The van der Waals surface area contributed by atoms with Crippen LogP contribution in [0.2, 0.25) is 0 Å². The van der Waals surface area contributed by atoms with Crippen LogP contribution in [0, 0.1) is 13.8 Å². The van der Waals surface area contributed by atoms with Gasteiger partial charge in [-0.2, -0.15) is 0 Å². The van der Waals surface area contributed by atoms with Crippen LogP contribution in [-0.2, 0) is 4.79 Å². The maximum Gasteiger partial charge on any atom is 0.237 e. The monoisotopic (exact) mass is 345 g/mol. The van der Waals surface area contributed by atoms with Crippen molar-refractivity contribution >= 4 is 17.2 Å². The van der Waals surface area contributed by atoms with E-state index in [9.17, 15) is 9.90 Å². The van der Waals surface area contributed by atoms with Crippen LogP contribution in [0.15, 0.2) is 23.7 Å². The Morgan fingerprint density at radius 3 is 2.83 bits per heavy atom. The van der Waals surface area contributed by atoms with Crippen LogP contribution in [0.3, 0.4) is 0 Å². The molecule has 1 aromatic heterocycles. The molecular weight excluding hydrogens is 322 g/mol. The van der Waals surface area contributed by atoms with Crippen LogP contribution in [0.1, 0.15) is 36.2 Å². The Morgan fingerprint density at radius 1 is 1.46 bits per heavy atom. The first-order valence-corrected chi connectivity index (χ1v) is 9.06. The van der Waals surface area contributed by atoms with E-state index in [4.69, 9.17) is 0 Å². The lowest BCUT2D eigenvalue weighted by atomic mass is 9.98. The topological polar surface area (TPSA) is 74.2 Å². The number of aryl methyl sites for hydroxylation is 2. The van der Waals surface area contributed by atoms with Crippen molar-refractivity contribution in [3.63, 3.8) is 0 Å². The molecule has 5 nitrogen and oxygen atoms in total. The van der Waals surface area contributed by atoms with Gasteiger partial charge < -0.3 is 15.7 Å². The number of hydrogen-bond acceptors (Lipinski definition) is 5. The highest BCUT2D eigenvalue weighted by Crippen LogP contribution is 2.30. The van der Waals surface area contributed by atoms with Gasteiger partial charge in [-0.1, -0.05) is 18.2 Å². The lowest BCUT2D eigenvalue weighted by Crippen LogP contribution is -2.41. The summed E-state index contributed by atoms with van der Waals surface area (Å²) < 4.78 is 0. The van der Waals surface area contributed by atoms with E-state index in [1.165, 1.54) is 4.88 Å². The molecule has 3 N–H and O–H groups in total. The minimum absolute atomic E-state index is 0.0548. The minimum atomic E-state index is -0.431. The number of benzene rings is 1. The largest absolute Gasteiger partial charge is 0.392 e. The van der Waals surface area contributed by atoms with Crippen molar-refractivity contribution in [3.05, 3.63) is 40.5 Å². The molecule has 2 heterocycles. The number of β-amino-alcohol motifs (C(OH)–C–C–N with tert-alkyl or cyclic N) is 1. The minimum Gasteiger partial charge on any atom is -0.392 e. The molecule has 1 fully saturated rings. The summed E-state index contributed by atoms with van der Waals surface area (Å²) in [5.41, 5.74) is 6.31. The summed E-state index contributed by atoms with van der Waals surface area (Å²) in [6, 6.07) is 5.93. The third-order valence-corrected chi connectivity index (χ3v) is 5.50. The Hall–Kier alpha value is -1.76. The van der Waals surface area contributed by atoms with Crippen molar-refractivity contribution in [2.24, 2.45) is 0 Å². The van der Waals surface area contributed by atoms with Crippen LogP contribution in [-0.4, -0.2) is 34.7 Å². The molecule has 6 heteroatoms. The van der Waals surface area contributed by atoms with Gasteiger partial charge in [0.1, 0.15) is 0 Å². The molecule has 0 spiro atoms. The number of hydrogen-bond donors (Lipinski definition) is 3. The zero-order valence-corrected chi connectivity index (χ0v) is 15.0. The Morgan fingerprint density at radius 2 is 2.25 bits per heavy atom. The van der Waals surface area contributed by atoms with Crippen LogP contribution in [0.25, 0.3) is 10.4 Å². The van der Waals surface area contributed by atoms with E-state index in [1.54, 1.807) is 11.3 Å². The van der Waals surface area contributed by atoms with Crippen LogP contribution in [0.4, 0.5) is 0 Å². The van der Waals surface area contributed by atoms with Gasteiger partial charge in [0.25, 0.3) is 0 Å². The van der Waals surface area contributed by atoms with Crippen molar-refractivity contribution < 1.29 is 9.90 Å². The summed E-state index contributed by atoms with van der Waals surface area (Å²) in [6.07, 6.45) is 0.0425. The van der Waals surface area contributed by atoms with Gasteiger partial charge in [0.2, 0.25) is 5.91 Å². The van der Waals surface area contributed by atoms with Crippen LogP contribution in [0.5, 0.6) is 0 Å². The number of aliphatic hydroxyl groups is 1.